The monoisotopic (exact) mass is 570 g/mol. The molecule has 40 heavy (non-hydrogen) atoms. The maximum Gasteiger partial charge on any atom is 0.320 e. The molecule has 9 nitrogen and oxygen atoms in total. The van der Waals surface area contributed by atoms with Gasteiger partial charge in [-0.05, 0) is 54.9 Å². The first-order chi connectivity index (χ1) is 19.3. The van der Waals surface area contributed by atoms with Crippen LogP contribution in [0.4, 0.5) is 0 Å². The summed E-state index contributed by atoms with van der Waals surface area (Å²) in [6, 6.07) is 5.64. The molecule has 0 unspecified atom stereocenters. The Morgan fingerprint density at radius 2 is 1.90 bits per heavy atom. The minimum atomic E-state index is -1.16. The second-order valence-electron chi connectivity index (χ2n) is 11.8. The van der Waals surface area contributed by atoms with Crippen LogP contribution in [-0.2, 0) is 30.4 Å². The summed E-state index contributed by atoms with van der Waals surface area (Å²) in [5, 5.41) is 0. The van der Waals surface area contributed by atoms with Gasteiger partial charge in [-0.3, -0.25) is 14.4 Å². The molecule has 216 valence electrons. The predicted octanol–water partition coefficient (Wildman–Crippen LogP) is 3.61. The van der Waals surface area contributed by atoms with E-state index < -0.39 is 23.4 Å². The average Bonchev–Trinajstić information content (AvgIpc) is 3.70. The number of esters is 1. The number of ether oxygens (including phenoxy) is 4. The number of carbonyl (C=O) groups is 3. The lowest BCUT2D eigenvalue weighted by molar-refractivity contribution is -0.182. The third-order valence-electron chi connectivity index (χ3n) is 8.86. The topological polar surface area (TPSA) is 94.6 Å². The van der Waals surface area contributed by atoms with Crippen molar-refractivity contribution in [3.05, 3.63) is 35.5 Å². The van der Waals surface area contributed by atoms with Crippen molar-refractivity contribution in [3.63, 3.8) is 0 Å². The van der Waals surface area contributed by atoms with E-state index >= 15 is 0 Å². The molecule has 3 fully saturated rings. The molecule has 1 aromatic carbocycles. The van der Waals surface area contributed by atoms with Gasteiger partial charge in [-0.2, -0.15) is 11.8 Å². The van der Waals surface area contributed by atoms with Crippen molar-refractivity contribution in [1.29, 1.82) is 0 Å². The molecule has 10 heteroatoms. The van der Waals surface area contributed by atoms with Gasteiger partial charge in [0, 0.05) is 42.6 Å². The van der Waals surface area contributed by atoms with Crippen molar-refractivity contribution in [2.24, 2.45) is 23.2 Å². The largest absolute Gasteiger partial charge is 0.468 e. The number of carbonyl (C=O) groups excluding carboxylic acids is 3. The Bertz CT molecular complexity index is 1210. The number of thioether (sulfide) groups is 1. The first-order valence-corrected chi connectivity index (χ1v) is 15.5. The zero-order chi connectivity index (χ0) is 28.0. The number of nitrogens with zero attached hydrogens (tertiary/aromatic N) is 2. The molecule has 4 heterocycles. The molecule has 0 bridgehead atoms. The second-order valence-corrected chi connectivity index (χ2v) is 13.1. The van der Waals surface area contributed by atoms with E-state index in [-0.39, 0.29) is 55.9 Å². The first-order valence-electron chi connectivity index (χ1n) is 14.3. The van der Waals surface area contributed by atoms with Crippen LogP contribution in [-0.4, -0.2) is 78.3 Å². The zero-order valence-corrected chi connectivity index (χ0v) is 24.2. The van der Waals surface area contributed by atoms with Crippen LogP contribution in [0.1, 0.15) is 45.1 Å². The minimum absolute atomic E-state index is 0.0334. The van der Waals surface area contributed by atoms with Gasteiger partial charge in [0.25, 0.3) is 0 Å². The summed E-state index contributed by atoms with van der Waals surface area (Å²) in [5.74, 6) is 2.23. The Morgan fingerprint density at radius 1 is 1.15 bits per heavy atom. The van der Waals surface area contributed by atoms with Gasteiger partial charge in [0.1, 0.15) is 5.41 Å². The Morgan fingerprint density at radius 3 is 2.60 bits per heavy atom. The van der Waals surface area contributed by atoms with E-state index in [0.717, 1.165) is 29.9 Å². The number of hydrogen-bond donors (Lipinski definition) is 0. The van der Waals surface area contributed by atoms with Crippen molar-refractivity contribution >= 4 is 29.5 Å². The maximum absolute atomic E-state index is 14.3. The maximum atomic E-state index is 14.3. The lowest BCUT2D eigenvalue weighted by Crippen LogP contribution is -2.61. The van der Waals surface area contributed by atoms with Crippen LogP contribution >= 0.6 is 11.8 Å². The summed E-state index contributed by atoms with van der Waals surface area (Å²) in [6.07, 6.45) is 3.52. The smallest absolute Gasteiger partial charge is 0.320 e. The van der Waals surface area contributed by atoms with E-state index in [1.54, 1.807) is 4.90 Å². The molecule has 1 aliphatic carbocycles. The molecule has 0 spiro atoms. The Hall–Kier alpha value is -2.72. The fourth-order valence-corrected chi connectivity index (χ4v) is 7.49. The molecule has 2 saturated heterocycles. The minimum Gasteiger partial charge on any atom is -0.468 e. The summed E-state index contributed by atoms with van der Waals surface area (Å²) in [7, 11) is 1.40. The molecular weight excluding hydrogens is 532 g/mol. The summed E-state index contributed by atoms with van der Waals surface area (Å²) in [4.78, 5) is 45.3. The number of fused-ring (bicyclic) bond motifs is 2. The van der Waals surface area contributed by atoms with Crippen LogP contribution in [0.2, 0.25) is 0 Å². The first kappa shape index (κ1) is 27.4. The highest BCUT2D eigenvalue weighted by Crippen LogP contribution is 2.57. The summed E-state index contributed by atoms with van der Waals surface area (Å²) in [5.41, 5.74) is 0.351. The molecular formula is C30H38N2O7S. The van der Waals surface area contributed by atoms with Crippen molar-refractivity contribution in [2.75, 3.05) is 38.5 Å². The van der Waals surface area contributed by atoms with Crippen molar-refractivity contribution in [2.45, 2.75) is 58.3 Å². The van der Waals surface area contributed by atoms with Crippen LogP contribution in [0, 0.1) is 23.2 Å². The zero-order valence-electron chi connectivity index (χ0n) is 23.4. The molecule has 4 aliphatic heterocycles. The van der Waals surface area contributed by atoms with E-state index in [0.29, 0.717) is 30.3 Å². The van der Waals surface area contributed by atoms with Gasteiger partial charge in [0.2, 0.25) is 18.6 Å². The van der Waals surface area contributed by atoms with E-state index in [2.05, 4.69) is 13.8 Å². The molecule has 5 aliphatic rings. The summed E-state index contributed by atoms with van der Waals surface area (Å²) >= 11 is 1.83. The number of methoxy groups -OCH3 is 1. The highest BCUT2D eigenvalue weighted by atomic mass is 32.2. The quantitative estimate of drug-likeness (QED) is 0.459. The van der Waals surface area contributed by atoms with Gasteiger partial charge < -0.3 is 28.7 Å². The molecule has 0 radical (unpaired) electrons. The van der Waals surface area contributed by atoms with E-state index in [1.165, 1.54) is 7.11 Å². The Kier molecular flexibility index (Phi) is 7.50. The van der Waals surface area contributed by atoms with Gasteiger partial charge >= 0.3 is 5.97 Å². The summed E-state index contributed by atoms with van der Waals surface area (Å²) in [6.45, 7) is 5.94. The van der Waals surface area contributed by atoms with Crippen LogP contribution in [0.5, 0.6) is 11.5 Å². The number of piperidine rings is 1. The molecule has 6 rings (SSSR count). The van der Waals surface area contributed by atoms with Crippen LogP contribution in [0.15, 0.2) is 30.0 Å². The van der Waals surface area contributed by atoms with Crippen molar-refractivity contribution < 1.29 is 33.3 Å². The fraction of sp³-hybridized carbons (Fsp3) is 0.633. The highest BCUT2D eigenvalue weighted by Gasteiger charge is 2.64. The van der Waals surface area contributed by atoms with Gasteiger partial charge in [-0.15, -0.1) is 0 Å². The van der Waals surface area contributed by atoms with Gasteiger partial charge in [0.15, 0.2) is 11.5 Å². The molecule has 4 atom stereocenters. The van der Waals surface area contributed by atoms with Crippen molar-refractivity contribution in [3.8, 4) is 11.5 Å². The SMILES string of the molecule is COC(=O)[C@]12C[C@H](CC(=O)N3CCSCC3)C(=O)N(Cc3ccc4c(c3)OCO4)C1=C[C@H](C(C)C)O[C@@H]2C1CC1. The number of rotatable bonds is 7. The van der Waals surface area contributed by atoms with Crippen molar-refractivity contribution in [1.82, 2.24) is 9.80 Å². The number of amides is 2. The predicted molar refractivity (Wildman–Crippen MR) is 148 cm³/mol. The molecule has 0 aromatic heterocycles. The third kappa shape index (κ3) is 4.87. The normalized spacial score (nSPS) is 29.8. The van der Waals surface area contributed by atoms with E-state index in [4.69, 9.17) is 18.9 Å². The van der Waals surface area contributed by atoms with E-state index in [1.807, 2.05) is 40.9 Å². The second kappa shape index (κ2) is 10.9. The third-order valence-corrected chi connectivity index (χ3v) is 9.80. The lowest BCUT2D eigenvalue weighted by Gasteiger charge is -2.53. The lowest BCUT2D eigenvalue weighted by atomic mass is 9.64. The Labute approximate surface area is 239 Å². The number of benzene rings is 1. The van der Waals surface area contributed by atoms with Crippen LogP contribution in [0.3, 0.4) is 0 Å². The molecule has 1 saturated carbocycles. The number of hydrogen-bond acceptors (Lipinski definition) is 8. The summed E-state index contributed by atoms with van der Waals surface area (Å²) < 4.78 is 23.2. The molecule has 2 amide bonds. The fourth-order valence-electron chi connectivity index (χ4n) is 6.59. The highest BCUT2D eigenvalue weighted by molar-refractivity contribution is 7.99. The molecule has 0 N–H and O–H groups in total. The number of likely N-dealkylation sites (tertiary alicyclic amines) is 1. The van der Waals surface area contributed by atoms with Gasteiger partial charge in [-0.25, -0.2) is 0 Å². The Balaban J connectivity index is 1.42. The van der Waals surface area contributed by atoms with Crippen LogP contribution in [0.25, 0.3) is 0 Å². The van der Waals surface area contributed by atoms with Gasteiger partial charge in [-0.1, -0.05) is 19.9 Å². The standard InChI is InChI=1S/C30H38N2O7S/c1-18(2)23-14-25-30(29(35)36-3,27(39-23)20-5-6-20)15-21(13-26(33)31-8-10-40-11-9-31)28(34)32(25)16-19-4-7-22-24(12-19)38-17-37-22/h4,7,12,14,18,20-21,23,27H,5-6,8-11,13,15-17H2,1-3H3/t21-,23+,27+,30+/m0/s1. The van der Waals surface area contributed by atoms with Crippen LogP contribution < -0.4 is 9.47 Å². The molecule has 1 aromatic rings. The van der Waals surface area contributed by atoms with E-state index in [9.17, 15) is 14.4 Å². The average molecular weight is 571 g/mol. The van der Waals surface area contributed by atoms with Gasteiger partial charge in [0.05, 0.1) is 25.9 Å².